The molecule has 0 unspecified atom stereocenters. The van der Waals surface area contributed by atoms with E-state index in [2.05, 4.69) is 42.3 Å². The molecule has 3 rings (SSSR count). The van der Waals surface area contributed by atoms with Crippen LogP contribution in [0.5, 0.6) is 0 Å². The van der Waals surface area contributed by atoms with Crippen molar-refractivity contribution in [3.05, 3.63) is 48.0 Å². The average molecular weight is 263 g/mol. The fourth-order valence-corrected chi connectivity index (χ4v) is 3.34. The maximum absolute atomic E-state index is 8.08. The zero-order valence-electron chi connectivity index (χ0n) is 10.4. The van der Waals surface area contributed by atoms with Crippen LogP contribution >= 0.6 is 11.3 Å². The largest absolute Gasteiger partial charge is 0.305 e. The Balaban J connectivity index is 2.12. The summed E-state index contributed by atoms with van der Waals surface area (Å²) in [5, 5.41) is 10.6. The van der Waals surface area contributed by atoms with E-state index < -0.39 is 0 Å². The Morgan fingerprint density at radius 1 is 1.11 bits per heavy atom. The monoisotopic (exact) mass is 263 g/mol. The molecule has 0 aliphatic rings. The molecule has 1 aromatic heterocycles. The molecule has 2 aromatic carbocycles. The van der Waals surface area contributed by atoms with E-state index in [-0.39, 0.29) is 0 Å². The van der Waals surface area contributed by atoms with Gasteiger partial charge in [-0.05, 0) is 23.8 Å². The summed E-state index contributed by atoms with van der Waals surface area (Å²) in [4.78, 5) is 0. The van der Waals surface area contributed by atoms with Crippen LogP contribution in [-0.4, -0.2) is 5.71 Å². The van der Waals surface area contributed by atoms with Gasteiger partial charge in [0.1, 0.15) is 0 Å². The third kappa shape index (κ3) is 2.14. The van der Waals surface area contributed by atoms with E-state index in [1.54, 1.807) is 11.3 Å². The summed E-state index contributed by atoms with van der Waals surface area (Å²) in [5.74, 6) is 2.59. The van der Waals surface area contributed by atoms with Crippen LogP contribution in [0.15, 0.2) is 42.5 Å². The van der Waals surface area contributed by atoms with Crippen molar-refractivity contribution < 1.29 is 0 Å². The number of hydrogen-bond acceptors (Lipinski definition) is 2. The second kappa shape index (κ2) is 4.87. The molecule has 0 saturated heterocycles. The zero-order chi connectivity index (χ0) is 13.2. The summed E-state index contributed by atoms with van der Waals surface area (Å²) in [7, 11) is 0. The Kier molecular flexibility index (Phi) is 3.06. The minimum absolute atomic E-state index is 0.620. The van der Waals surface area contributed by atoms with Crippen LogP contribution < -0.4 is 0 Å². The molecule has 0 spiro atoms. The minimum Gasteiger partial charge on any atom is -0.305 e. The quantitative estimate of drug-likeness (QED) is 0.516. The van der Waals surface area contributed by atoms with Gasteiger partial charge >= 0.3 is 0 Å². The number of fused-ring (bicyclic) bond motifs is 3. The van der Waals surface area contributed by atoms with Crippen LogP contribution in [-0.2, 0) is 0 Å². The Morgan fingerprint density at radius 3 is 2.74 bits per heavy atom. The summed E-state index contributed by atoms with van der Waals surface area (Å²) in [6.45, 7) is 0. The molecular weight excluding hydrogens is 250 g/mol. The highest BCUT2D eigenvalue weighted by Crippen LogP contribution is 2.34. The van der Waals surface area contributed by atoms with Crippen molar-refractivity contribution in [1.29, 1.82) is 5.41 Å². The molecule has 0 fully saturated rings. The fraction of sp³-hybridized carbons (Fsp3) is 0.118. The predicted molar refractivity (Wildman–Crippen MR) is 84.2 cm³/mol. The molecule has 92 valence electrons. The van der Waals surface area contributed by atoms with Crippen molar-refractivity contribution in [2.75, 3.05) is 0 Å². The number of nitrogens with one attached hydrogen (secondary N) is 1. The maximum atomic E-state index is 8.08. The van der Waals surface area contributed by atoms with Crippen LogP contribution in [0.25, 0.3) is 20.2 Å². The Labute approximate surface area is 116 Å². The first-order valence-electron chi connectivity index (χ1n) is 6.22. The third-order valence-corrected chi connectivity index (χ3v) is 4.40. The summed E-state index contributed by atoms with van der Waals surface area (Å²) in [6, 6.07) is 14.7. The van der Waals surface area contributed by atoms with E-state index in [1.807, 2.05) is 6.07 Å². The molecule has 19 heavy (non-hydrogen) atoms. The maximum Gasteiger partial charge on any atom is 0.0395 e. The second-order valence-electron chi connectivity index (χ2n) is 4.49. The third-order valence-electron chi connectivity index (χ3n) is 3.24. The van der Waals surface area contributed by atoms with Crippen LogP contribution in [0.2, 0.25) is 0 Å². The highest BCUT2D eigenvalue weighted by Gasteiger charge is 2.07. The topological polar surface area (TPSA) is 23.9 Å². The highest BCUT2D eigenvalue weighted by atomic mass is 32.1. The molecule has 1 nitrogen and oxygen atoms in total. The van der Waals surface area contributed by atoms with E-state index in [0.717, 1.165) is 5.56 Å². The number of hydrogen-bond donors (Lipinski definition) is 1. The SMILES string of the molecule is C#CCCC(=N)c1ccc2sc3ccccc3c2c1. The van der Waals surface area contributed by atoms with Crippen LogP contribution in [0, 0.1) is 17.8 Å². The van der Waals surface area contributed by atoms with Gasteiger partial charge < -0.3 is 5.41 Å². The first-order chi connectivity index (χ1) is 9.29. The van der Waals surface area contributed by atoms with E-state index >= 15 is 0 Å². The number of benzene rings is 2. The summed E-state index contributed by atoms with van der Waals surface area (Å²) >= 11 is 1.80. The van der Waals surface area contributed by atoms with Gasteiger partial charge in [-0.3, -0.25) is 0 Å². The lowest BCUT2D eigenvalue weighted by Crippen LogP contribution is -1.97. The number of rotatable bonds is 3. The Morgan fingerprint density at radius 2 is 1.89 bits per heavy atom. The Bertz CT molecular complexity index is 805. The molecule has 0 bridgehead atoms. The van der Waals surface area contributed by atoms with Crippen molar-refractivity contribution in [3.8, 4) is 12.3 Å². The van der Waals surface area contributed by atoms with Crippen LogP contribution in [0.3, 0.4) is 0 Å². The average Bonchev–Trinajstić information content (AvgIpc) is 2.82. The lowest BCUT2D eigenvalue weighted by atomic mass is 10.0. The number of thiophene rings is 1. The van der Waals surface area contributed by atoms with Crippen molar-refractivity contribution in [1.82, 2.24) is 0 Å². The Hall–Kier alpha value is -2.11. The van der Waals surface area contributed by atoms with Gasteiger partial charge in [-0.25, -0.2) is 0 Å². The first kappa shape index (κ1) is 12.0. The van der Waals surface area contributed by atoms with Crippen molar-refractivity contribution in [3.63, 3.8) is 0 Å². The zero-order valence-corrected chi connectivity index (χ0v) is 11.3. The van der Waals surface area contributed by atoms with Gasteiger partial charge in [-0.15, -0.1) is 23.7 Å². The van der Waals surface area contributed by atoms with Gasteiger partial charge in [0.05, 0.1) is 0 Å². The van der Waals surface area contributed by atoms with E-state index in [1.165, 1.54) is 20.2 Å². The molecule has 0 radical (unpaired) electrons. The summed E-state index contributed by atoms with van der Waals surface area (Å²) in [5.41, 5.74) is 1.60. The van der Waals surface area contributed by atoms with Crippen LogP contribution in [0.4, 0.5) is 0 Å². The summed E-state index contributed by atoms with van der Waals surface area (Å²) < 4.78 is 2.57. The minimum atomic E-state index is 0.620. The molecule has 1 heterocycles. The van der Waals surface area contributed by atoms with Gasteiger partial charge in [0.15, 0.2) is 0 Å². The first-order valence-corrected chi connectivity index (χ1v) is 7.04. The molecule has 1 N–H and O–H groups in total. The van der Waals surface area contributed by atoms with Crippen molar-refractivity contribution in [2.45, 2.75) is 12.8 Å². The molecule has 2 heteroatoms. The van der Waals surface area contributed by atoms with Crippen molar-refractivity contribution in [2.24, 2.45) is 0 Å². The molecule has 0 atom stereocenters. The predicted octanol–water partition coefficient (Wildman–Crippen LogP) is 4.84. The molecule has 0 saturated carbocycles. The van der Waals surface area contributed by atoms with Gasteiger partial charge in [0.2, 0.25) is 0 Å². The van der Waals surface area contributed by atoms with E-state index in [4.69, 9.17) is 11.8 Å². The molecule has 0 aliphatic carbocycles. The number of terminal acetylenes is 1. The molecule has 0 aliphatic heterocycles. The van der Waals surface area contributed by atoms with E-state index in [9.17, 15) is 0 Å². The lowest BCUT2D eigenvalue weighted by Gasteiger charge is -2.02. The standard InChI is InChI=1S/C17H13NS/c1-2-3-7-15(18)12-9-10-17-14(11-12)13-6-4-5-8-16(13)19-17/h1,4-6,8-11,18H,3,7H2. The smallest absolute Gasteiger partial charge is 0.0395 e. The van der Waals surface area contributed by atoms with E-state index in [0.29, 0.717) is 18.6 Å². The second-order valence-corrected chi connectivity index (χ2v) is 5.58. The van der Waals surface area contributed by atoms with Gasteiger partial charge in [0, 0.05) is 38.7 Å². The lowest BCUT2D eigenvalue weighted by molar-refractivity contribution is 1.12. The normalized spacial score (nSPS) is 10.7. The van der Waals surface area contributed by atoms with Crippen LogP contribution in [0.1, 0.15) is 18.4 Å². The van der Waals surface area contributed by atoms with Crippen molar-refractivity contribution >= 4 is 37.2 Å². The van der Waals surface area contributed by atoms with Gasteiger partial charge in [-0.1, -0.05) is 24.3 Å². The molecule has 3 aromatic rings. The fourth-order valence-electron chi connectivity index (χ4n) is 2.26. The molecule has 0 amide bonds. The molecular formula is C17H13NS. The van der Waals surface area contributed by atoms with Gasteiger partial charge in [-0.2, -0.15) is 0 Å². The summed E-state index contributed by atoms with van der Waals surface area (Å²) in [6.07, 6.45) is 6.53. The highest BCUT2D eigenvalue weighted by molar-refractivity contribution is 7.25. The van der Waals surface area contributed by atoms with Gasteiger partial charge in [0.25, 0.3) is 0 Å².